The molecule has 1 N–H and O–H groups in total. The second kappa shape index (κ2) is 9.05. The molecule has 1 heterocycles. The van der Waals surface area contributed by atoms with E-state index in [1.54, 1.807) is 36.1 Å². The molecule has 0 bridgehead atoms. The number of hydrogen-bond acceptors (Lipinski definition) is 4. The van der Waals surface area contributed by atoms with Gasteiger partial charge in [0.1, 0.15) is 5.75 Å². The summed E-state index contributed by atoms with van der Waals surface area (Å²) >= 11 is 0. The maximum atomic E-state index is 12.8. The third kappa shape index (κ3) is 4.89. The van der Waals surface area contributed by atoms with E-state index in [2.05, 4.69) is 5.32 Å². The maximum absolute atomic E-state index is 12.8. The molecule has 1 aliphatic rings. The van der Waals surface area contributed by atoms with Gasteiger partial charge in [-0.1, -0.05) is 18.2 Å². The molecule has 0 unspecified atom stereocenters. The Morgan fingerprint density at radius 1 is 1.18 bits per heavy atom. The average Bonchev–Trinajstić information content (AvgIpc) is 2.74. The van der Waals surface area contributed by atoms with Gasteiger partial charge in [0.25, 0.3) is 5.91 Å². The molecule has 2 atom stereocenters. The fraction of sp³-hybridized carbons (Fsp3) is 0.318. The number of piperidine rings is 1. The summed E-state index contributed by atoms with van der Waals surface area (Å²) in [6.07, 6.45) is 0.874. The molecule has 1 fully saturated rings. The first-order chi connectivity index (χ1) is 13.6. The standard InChI is InChI=1S/C22H23N3O3/c1-16(28-20-11-9-17(14-23)10-12-20)22(27)25-13-5-6-18(15-25)21(26)24-19-7-3-2-4-8-19/h2-4,7-12,16,18H,5-6,13,15H2,1H3,(H,24,26)/t16-,18-/m1/s1. The zero-order valence-electron chi connectivity index (χ0n) is 15.8. The van der Waals surface area contributed by atoms with Crippen molar-refractivity contribution in [3.05, 3.63) is 60.2 Å². The first-order valence-electron chi connectivity index (χ1n) is 9.38. The molecule has 1 saturated heterocycles. The lowest BCUT2D eigenvalue weighted by Crippen LogP contribution is -2.48. The van der Waals surface area contributed by atoms with Crippen molar-refractivity contribution in [1.29, 1.82) is 5.26 Å². The highest BCUT2D eigenvalue weighted by Gasteiger charge is 2.31. The summed E-state index contributed by atoms with van der Waals surface area (Å²) in [5, 5.41) is 11.8. The number of nitrogens with zero attached hydrogens (tertiary/aromatic N) is 2. The highest BCUT2D eigenvalue weighted by atomic mass is 16.5. The Morgan fingerprint density at radius 2 is 1.89 bits per heavy atom. The summed E-state index contributed by atoms with van der Waals surface area (Å²) in [5.74, 6) is 0.0983. The van der Waals surface area contributed by atoms with Crippen LogP contribution in [0.1, 0.15) is 25.3 Å². The summed E-state index contributed by atoms with van der Waals surface area (Å²) < 4.78 is 5.72. The zero-order valence-corrected chi connectivity index (χ0v) is 15.8. The van der Waals surface area contributed by atoms with Gasteiger partial charge < -0.3 is 15.0 Å². The van der Waals surface area contributed by atoms with Crippen LogP contribution in [0.5, 0.6) is 5.75 Å². The SMILES string of the molecule is C[C@@H](Oc1ccc(C#N)cc1)C(=O)N1CCC[C@@H](C(=O)Nc2ccccc2)C1. The number of carbonyl (C=O) groups is 2. The molecule has 0 aliphatic carbocycles. The lowest BCUT2D eigenvalue weighted by molar-refractivity contribution is -0.140. The van der Waals surface area contributed by atoms with Gasteiger partial charge in [0.05, 0.1) is 17.6 Å². The first-order valence-corrected chi connectivity index (χ1v) is 9.38. The Kier molecular flexibility index (Phi) is 6.28. The van der Waals surface area contributed by atoms with Crippen LogP contribution in [0.25, 0.3) is 0 Å². The van der Waals surface area contributed by atoms with Gasteiger partial charge in [0.2, 0.25) is 5.91 Å². The Morgan fingerprint density at radius 3 is 2.57 bits per heavy atom. The number of ether oxygens (including phenoxy) is 1. The van der Waals surface area contributed by atoms with Gasteiger partial charge in [-0.15, -0.1) is 0 Å². The van der Waals surface area contributed by atoms with E-state index in [1.165, 1.54) is 0 Å². The molecule has 28 heavy (non-hydrogen) atoms. The van der Waals surface area contributed by atoms with E-state index in [4.69, 9.17) is 10.00 Å². The number of amides is 2. The first kappa shape index (κ1) is 19.4. The van der Waals surface area contributed by atoms with E-state index >= 15 is 0 Å². The summed E-state index contributed by atoms with van der Waals surface area (Å²) in [6, 6.07) is 18.0. The summed E-state index contributed by atoms with van der Waals surface area (Å²) in [4.78, 5) is 27.0. The second-order valence-corrected chi connectivity index (χ2v) is 6.87. The zero-order chi connectivity index (χ0) is 19.9. The fourth-order valence-corrected chi connectivity index (χ4v) is 3.28. The summed E-state index contributed by atoms with van der Waals surface area (Å²) in [5.41, 5.74) is 1.29. The number of para-hydroxylation sites is 1. The van der Waals surface area contributed by atoms with Gasteiger partial charge in [0.15, 0.2) is 6.10 Å². The van der Waals surface area contributed by atoms with Crippen molar-refractivity contribution >= 4 is 17.5 Å². The van der Waals surface area contributed by atoms with Crippen molar-refractivity contribution in [2.45, 2.75) is 25.9 Å². The van der Waals surface area contributed by atoms with Gasteiger partial charge >= 0.3 is 0 Å². The van der Waals surface area contributed by atoms with Gasteiger partial charge in [-0.25, -0.2) is 0 Å². The van der Waals surface area contributed by atoms with Gasteiger partial charge in [-0.05, 0) is 56.2 Å². The number of rotatable bonds is 5. The van der Waals surface area contributed by atoms with E-state index < -0.39 is 6.10 Å². The highest BCUT2D eigenvalue weighted by Crippen LogP contribution is 2.21. The normalized spacial score (nSPS) is 17.3. The summed E-state index contributed by atoms with van der Waals surface area (Å²) in [6.45, 7) is 2.71. The van der Waals surface area contributed by atoms with Gasteiger partial charge in [-0.3, -0.25) is 9.59 Å². The number of nitriles is 1. The van der Waals surface area contributed by atoms with E-state index in [9.17, 15) is 9.59 Å². The van der Waals surface area contributed by atoms with E-state index in [0.29, 0.717) is 24.4 Å². The Balaban J connectivity index is 1.57. The maximum Gasteiger partial charge on any atom is 0.263 e. The molecule has 2 aromatic rings. The van der Waals surface area contributed by atoms with Crippen molar-refractivity contribution in [2.75, 3.05) is 18.4 Å². The Bertz CT molecular complexity index is 859. The summed E-state index contributed by atoms with van der Waals surface area (Å²) in [7, 11) is 0. The van der Waals surface area contributed by atoms with E-state index in [-0.39, 0.29) is 17.7 Å². The van der Waals surface area contributed by atoms with Gasteiger partial charge in [-0.2, -0.15) is 5.26 Å². The van der Waals surface area contributed by atoms with E-state index in [0.717, 1.165) is 18.5 Å². The van der Waals surface area contributed by atoms with Crippen LogP contribution in [-0.4, -0.2) is 35.9 Å². The third-order valence-electron chi connectivity index (χ3n) is 4.79. The average molecular weight is 377 g/mol. The number of benzene rings is 2. The van der Waals surface area contributed by atoms with Crippen LogP contribution in [0.15, 0.2) is 54.6 Å². The van der Waals surface area contributed by atoms with Crippen LogP contribution in [0.2, 0.25) is 0 Å². The van der Waals surface area contributed by atoms with Crippen LogP contribution >= 0.6 is 0 Å². The van der Waals surface area contributed by atoms with Crippen LogP contribution < -0.4 is 10.1 Å². The highest BCUT2D eigenvalue weighted by molar-refractivity contribution is 5.93. The molecule has 0 radical (unpaired) electrons. The Labute approximate surface area is 164 Å². The van der Waals surface area contributed by atoms with Crippen LogP contribution in [0.3, 0.4) is 0 Å². The number of likely N-dealkylation sites (tertiary alicyclic amines) is 1. The van der Waals surface area contributed by atoms with Crippen molar-refractivity contribution in [1.82, 2.24) is 4.90 Å². The minimum absolute atomic E-state index is 0.0654. The molecular formula is C22H23N3O3. The minimum atomic E-state index is -0.663. The third-order valence-corrected chi connectivity index (χ3v) is 4.79. The topological polar surface area (TPSA) is 82.4 Å². The van der Waals surface area contributed by atoms with Crippen LogP contribution in [0.4, 0.5) is 5.69 Å². The monoisotopic (exact) mass is 377 g/mol. The molecule has 3 rings (SSSR count). The van der Waals surface area contributed by atoms with Crippen molar-refractivity contribution in [3.8, 4) is 11.8 Å². The number of carbonyl (C=O) groups excluding carboxylic acids is 2. The lowest BCUT2D eigenvalue weighted by Gasteiger charge is -2.33. The predicted molar refractivity (Wildman–Crippen MR) is 106 cm³/mol. The molecular weight excluding hydrogens is 354 g/mol. The van der Waals surface area contributed by atoms with E-state index in [1.807, 2.05) is 36.4 Å². The quantitative estimate of drug-likeness (QED) is 0.867. The Hall–Kier alpha value is -3.33. The number of anilines is 1. The smallest absolute Gasteiger partial charge is 0.263 e. The molecule has 2 amide bonds. The molecule has 144 valence electrons. The lowest BCUT2D eigenvalue weighted by atomic mass is 9.96. The van der Waals surface area contributed by atoms with Crippen molar-refractivity contribution < 1.29 is 14.3 Å². The number of nitrogens with one attached hydrogen (secondary N) is 1. The molecule has 0 saturated carbocycles. The molecule has 0 aromatic heterocycles. The van der Waals surface area contributed by atoms with Crippen LogP contribution in [0, 0.1) is 17.2 Å². The molecule has 6 nitrogen and oxygen atoms in total. The van der Waals surface area contributed by atoms with Crippen molar-refractivity contribution in [2.24, 2.45) is 5.92 Å². The van der Waals surface area contributed by atoms with Crippen molar-refractivity contribution in [3.63, 3.8) is 0 Å². The fourth-order valence-electron chi connectivity index (χ4n) is 3.28. The van der Waals surface area contributed by atoms with Crippen LogP contribution in [-0.2, 0) is 9.59 Å². The van der Waals surface area contributed by atoms with Gasteiger partial charge in [0, 0.05) is 18.8 Å². The minimum Gasteiger partial charge on any atom is -0.481 e. The molecule has 6 heteroatoms. The largest absolute Gasteiger partial charge is 0.481 e. The predicted octanol–water partition coefficient (Wildman–Crippen LogP) is 3.20. The molecule has 2 aromatic carbocycles. The molecule has 1 aliphatic heterocycles. The molecule has 0 spiro atoms. The second-order valence-electron chi connectivity index (χ2n) is 6.87. The number of hydrogen-bond donors (Lipinski definition) is 1.